The summed E-state index contributed by atoms with van der Waals surface area (Å²) in [6.07, 6.45) is 6.16. The van der Waals surface area contributed by atoms with Crippen molar-refractivity contribution in [3.8, 4) is 0 Å². The van der Waals surface area contributed by atoms with Crippen molar-refractivity contribution in [3.05, 3.63) is 36.0 Å². The molecule has 0 radical (unpaired) electrons. The van der Waals surface area contributed by atoms with Gasteiger partial charge in [0.1, 0.15) is 5.82 Å². The Morgan fingerprint density at radius 2 is 2.00 bits per heavy atom. The van der Waals surface area contributed by atoms with Gasteiger partial charge in [0.2, 0.25) is 0 Å². The van der Waals surface area contributed by atoms with E-state index in [0.29, 0.717) is 6.04 Å². The number of hydrogen-bond donors (Lipinski definition) is 2. The van der Waals surface area contributed by atoms with Gasteiger partial charge in [0.15, 0.2) is 0 Å². The number of nitrogens with zero attached hydrogens (tertiary/aromatic N) is 1. The number of benzene rings is 1. The van der Waals surface area contributed by atoms with Gasteiger partial charge in [-0.1, -0.05) is 50.5 Å². The molecular formula is C17H22N2O2. The Bertz CT molecular complexity index is 625. The molecule has 1 unspecified atom stereocenters. The number of fused-ring (bicyclic) bond motifs is 1. The maximum atomic E-state index is 11.3. The normalized spacial score (nSPS) is 12.3. The number of aromatic nitrogens is 1. The molecule has 21 heavy (non-hydrogen) atoms. The van der Waals surface area contributed by atoms with Crippen molar-refractivity contribution in [1.82, 2.24) is 4.98 Å². The molecule has 4 heteroatoms. The molecule has 0 aliphatic heterocycles. The SMILES string of the molecule is CCCCCC(C)Nc1ncc(C(=O)O)c2ccccc12. The van der Waals surface area contributed by atoms with Gasteiger partial charge < -0.3 is 10.4 Å². The number of carboxylic acids is 1. The van der Waals surface area contributed by atoms with Crippen LogP contribution < -0.4 is 5.32 Å². The average Bonchev–Trinajstić information content (AvgIpc) is 2.47. The van der Waals surface area contributed by atoms with E-state index in [1.165, 1.54) is 25.5 Å². The molecule has 1 heterocycles. The van der Waals surface area contributed by atoms with E-state index in [1.807, 2.05) is 24.3 Å². The van der Waals surface area contributed by atoms with E-state index in [0.717, 1.165) is 23.0 Å². The second-order valence-electron chi connectivity index (χ2n) is 5.41. The van der Waals surface area contributed by atoms with Gasteiger partial charge in [0, 0.05) is 23.0 Å². The molecule has 2 rings (SSSR count). The number of unbranched alkanes of at least 4 members (excludes halogenated alkanes) is 2. The van der Waals surface area contributed by atoms with Crippen LogP contribution >= 0.6 is 0 Å². The van der Waals surface area contributed by atoms with Crippen LogP contribution in [0, 0.1) is 0 Å². The summed E-state index contributed by atoms with van der Waals surface area (Å²) >= 11 is 0. The Balaban J connectivity index is 2.25. The summed E-state index contributed by atoms with van der Waals surface area (Å²) in [5.74, 6) is -0.180. The van der Waals surface area contributed by atoms with Gasteiger partial charge in [-0.25, -0.2) is 9.78 Å². The Labute approximate surface area is 125 Å². The molecular weight excluding hydrogens is 264 g/mol. The van der Waals surface area contributed by atoms with Crippen LogP contribution in [0.2, 0.25) is 0 Å². The minimum Gasteiger partial charge on any atom is -0.478 e. The molecule has 2 N–H and O–H groups in total. The molecule has 2 aromatic rings. The average molecular weight is 286 g/mol. The summed E-state index contributed by atoms with van der Waals surface area (Å²) in [5, 5.41) is 14.2. The van der Waals surface area contributed by atoms with Crippen molar-refractivity contribution in [1.29, 1.82) is 0 Å². The molecule has 4 nitrogen and oxygen atoms in total. The summed E-state index contributed by atoms with van der Waals surface area (Å²) < 4.78 is 0. The first-order valence-corrected chi connectivity index (χ1v) is 7.51. The van der Waals surface area contributed by atoms with Crippen molar-refractivity contribution < 1.29 is 9.90 Å². The molecule has 112 valence electrons. The van der Waals surface area contributed by atoms with E-state index in [-0.39, 0.29) is 5.56 Å². The number of anilines is 1. The maximum absolute atomic E-state index is 11.3. The number of rotatable bonds is 7. The first kappa shape index (κ1) is 15.3. The van der Waals surface area contributed by atoms with Crippen molar-refractivity contribution in [2.75, 3.05) is 5.32 Å². The minimum absolute atomic E-state index is 0.245. The second kappa shape index (κ2) is 7.07. The number of pyridine rings is 1. The van der Waals surface area contributed by atoms with Crippen LogP contribution in [0.1, 0.15) is 49.9 Å². The highest BCUT2D eigenvalue weighted by atomic mass is 16.4. The molecule has 0 bridgehead atoms. The van der Waals surface area contributed by atoms with E-state index in [9.17, 15) is 9.90 Å². The predicted molar refractivity (Wildman–Crippen MR) is 85.9 cm³/mol. The molecule has 0 aliphatic rings. The lowest BCUT2D eigenvalue weighted by Crippen LogP contribution is -2.16. The fourth-order valence-electron chi connectivity index (χ4n) is 2.48. The van der Waals surface area contributed by atoms with Crippen molar-refractivity contribution in [2.24, 2.45) is 0 Å². The number of carbonyl (C=O) groups is 1. The monoisotopic (exact) mass is 286 g/mol. The zero-order valence-corrected chi connectivity index (χ0v) is 12.6. The topological polar surface area (TPSA) is 62.2 Å². The summed E-state index contributed by atoms with van der Waals surface area (Å²) in [6.45, 7) is 4.33. The molecule has 0 saturated heterocycles. The van der Waals surface area contributed by atoms with Crippen LogP contribution in [0.25, 0.3) is 10.8 Å². The largest absolute Gasteiger partial charge is 0.478 e. The van der Waals surface area contributed by atoms with Crippen LogP contribution in [0.4, 0.5) is 5.82 Å². The molecule has 1 atom stereocenters. The molecule has 0 aliphatic carbocycles. The number of nitrogens with one attached hydrogen (secondary N) is 1. The lowest BCUT2D eigenvalue weighted by atomic mass is 10.1. The van der Waals surface area contributed by atoms with E-state index in [2.05, 4.69) is 24.1 Å². The lowest BCUT2D eigenvalue weighted by molar-refractivity contribution is 0.0698. The van der Waals surface area contributed by atoms with Gasteiger partial charge in [-0.05, 0) is 13.3 Å². The third kappa shape index (κ3) is 3.72. The fourth-order valence-corrected chi connectivity index (χ4v) is 2.48. The molecule has 0 spiro atoms. The van der Waals surface area contributed by atoms with Crippen molar-refractivity contribution in [3.63, 3.8) is 0 Å². The number of carboxylic acid groups (broad SMARTS) is 1. The highest BCUT2D eigenvalue weighted by Crippen LogP contribution is 2.25. The van der Waals surface area contributed by atoms with Gasteiger partial charge in [-0.15, -0.1) is 0 Å². The zero-order chi connectivity index (χ0) is 15.2. The van der Waals surface area contributed by atoms with Gasteiger partial charge in [0.25, 0.3) is 0 Å². The third-order valence-electron chi connectivity index (χ3n) is 3.65. The van der Waals surface area contributed by atoms with Crippen molar-refractivity contribution in [2.45, 2.75) is 45.6 Å². The van der Waals surface area contributed by atoms with E-state index >= 15 is 0 Å². The summed E-state index contributed by atoms with van der Waals surface area (Å²) in [5.41, 5.74) is 0.245. The molecule has 1 aromatic carbocycles. The second-order valence-corrected chi connectivity index (χ2v) is 5.41. The lowest BCUT2D eigenvalue weighted by Gasteiger charge is -2.16. The van der Waals surface area contributed by atoms with E-state index in [1.54, 1.807) is 0 Å². The Morgan fingerprint density at radius 1 is 1.29 bits per heavy atom. The number of hydrogen-bond acceptors (Lipinski definition) is 3. The van der Waals surface area contributed by atoms with Gasteiger partial charge in [0.05, 0.1) is 5.56 Å². The zero-order valence-electron chi connectivity index (χ0n) is 12.6. The quantitative estimate of drug-likeness (QED) is 0.744. The fraction of sp³-hybridized carbons (Fsp3) is 0.412. The van der Waals surface area contributed by atoms with E-state index in [4.69, 9.17) is 0 Å². The molecule has 0 amide bonds. The molecule has 0 saturated carbocycles. The summed E-state index contributed by atoms with van der Waals surface area (Å²) in [6, 6.07) is 7.82. The Kier molecular flexibility index (Phi) is 5.14. The van der Waals surface area contributed by atoms with Crippen LogP contribution in [0.5, 0.6) is 0 Å². The van der Waals surface area contributed by atoms with Crippen LogP contribution in [0.15, 0.2) is 30.5 Å². The van der Waals surface area contributed by atoms with Gasteiger partial charge >= 0.3 is 5.97 Å². The van der Waals surface area contributed by atoms with Crippen molar-refractivity contribution >= 4 is 22.6 Å². The van der Waals surface area contributed by atoms with E-state index < -0.39 is 5.97 Å². The number of aromatic carboxylic acids is 1. The molecule has 1 aromatic heterocycles. The predicted octanol–water partition coefficient (Wildman–Crippen LogP) is 4.31. The van der Waals surface area contributed by atoms with Gasteiger partial charge in [-0.3, -0.25) is 0 Å². The Hall–Kier alpha value is -2.10. The highest BCUT2D eigenvalue weighted by Gasteiger charge is 2.13. The first-order valence-electron chi connectivity index (χ1n) is 7.51. The smallest absolute Gasteiger partial charge is 0.337 e. The first-order chi connectivity index (χ1) is 10.1. The standard InChI is InChI=1S/C17H22N2O2/c1-3-4-5-8-12(2)19-16-14-10-7-6-9-13(14)15(11-18-16)17(20)21/h6-7,9-12H,3-5,8H2,1-2H3,(H,18,19)(H,20,21). The van der Waals surface area contributed by atoms with Crippen LogP contribution in [-0.4, -0.2) is 22.1 Å². The molecule has 0 fully saturated rings. The Morgan fingerprint density at radius 3 is 2.67 bits per heavy atom. The highest BCUT2D eigenvalue weighted by molar-refractivity contribution is 6.06. The van der Waals surface area contributed by atoms with Crippen LogP contribution in [-0.2, 0) is 0 Å². The van der Waals surface area contributed by atoms with Crippen LogP contribution in [0.3, 0.4) is 0 Å². The van der Waals surface area contributed by atoms with Gasteiger partial charge in [-0.2, -0.15) is 0 Å². The third-order valence-corrected chi connectivity index (χ3v) is 3.65. The minimum atomic E-state index is -0.943. The summed E-state index contributed by atoms with van der Waals surface area (Å²) in [4.78, 5) is 15.6. The maximum Gasteiger partial charge on any atom is 0.337 e. The summed E-state index contributed by atoms with van der Waals surface area (Å²) in [7, 11) is 0.